The molecule has 0 spiro atoms. The number of hydrogen-bond donors (Lipinski definition) is 2. The lowest BCUT2D eigenvalue weighted by atomic mass is 10.2. The Morgan fingerprint density at radius 3 is 2.50 bits per heavy atom. The van der Waals surface area contributed by atoms with Crippen LogP contribution in [0.3, 0.4) is 0 Å². The summed E-state index contributed by atoms with van der Waals surface area (Å²) in [5.41, 5.74) is 2.26. The fraction of sp³-hybridized carbons (Fsp3) is 0.480. The summed E-state index contributed by atoms with van der Waals surface area (Å²) < 4.78 is 16.5. The molecule has 7 nitrogen and oxygen atoms in total. The molecule has 0 saturated heterocycles. The van der Waals surface area contributed by atoms with Crippen molar-refractivity contribution in [2.45, 2.75) is 26.4 Å². The minimum absolute atomic E-state index is 0.564. The maximum atomic E-state index is 5.85. The van der Waals surface area contributed by atoms with Crippen LogP contribution in [0.1, 0.15) is 24.5 Å². The van der Waals surface area contributed by atoms with Crippen LogP contribution < -0.4 is 20.1 Å². The third-order valence-corrected chi connectivity index (χ3v) is 4.71. The second kappa shape index (κ2) is 15.1. The van der Waals surface area contributed by atoms with Gasteiger partial charge in [-0.25, -0.2) is 4.99 Å². The molecule has 2 rings (SSSR count). The van der Waals surface area contributed by atoms with E-state index < -0.39 is 0 Å². The predicted molar refractivity (Wildman–Crippen MR) is 131 cm³/mol. The molecule has 0 aliphatic carbocycles. The fourth-order valence-electron chi connectivity index (χ4n) is 2.88. The van der Waals surface area contributed by atoms with Crippen LogP contribution in [0.2, 0.25) is 0 Å². The topological polar surface area (TPSA) is 67.3 Å². The second-order valence-corrected chi connectivity index (χ2v) is 7.64. The van der Waals surface area contributed by atoms with Gasteiger partial charge in [-0.1, -0.05) is 24.3 Å². The lowest BCUT2D eigenvalue weighted by molar-refractivity contribution is 0.145. The molecule has 0 heterocycles. The molecule has 0 saturated carbocycles. The highest BCUT2D eigenvalue weighted by atomic mass is 16.5. The Morgan fingerprint density at radius 2 is 1.78 bits per heavy atom. The number of benzene rings is 2. The van der Waals surface area contributed by atoms with E-state index in [1.807, 2.05) is 57.4 Å². The van der Waals surface area contributed by atoms with Crippen LogP contribution in [0.4, 0.5) is 0 Å². The third-order valence-electron chi connectivity index (χ3n) is 4.71. The first-order valence-electron chi connectivity index (χ1n) is 11.2. The molecule has 176 valence electrons. The van der Waals surface area contributed by atoms with Gasteiger partial charge in [0.05, 0.1) is 13.7 Å². The second-order valence-electron chi connectivity index (χ2n) is 7.64. The Labute approximate surface area is 192 Å². The smallest absolute Gasteiger partial charge is 0.191 e. The maximum Gasteiger partial charge on any atom is 0.191 e. The summed E-state index contributed by atoms with van der Waals surface area (Å²) in [6.45, 7) is 7.06. The molecule has 0 aliphatic heterocycles. The summed E-state index contributed by atoms with van der Waals surface area (Å²) in [5.74, 6) is 2.50. The minimum atomic E-state index is 0.564. The first-order valence-corrected chi connectivity index (χ1v) is 11.2. The van der Waals surface area contributed by atoms with E-state index in [1.54, 1.807) is 7.11 Å². The third kappa shape index (κ3) is 10.5. The molecule has 32 heavy (non-hydrogen) atoms. The number of methoxy groups -OCH3 is 1. The van der Waals surface area contributed by atoms with Crippen molar-refractivity contribution >= 4 is 5.96 Å². The van der Waals surface area contributed by atoms with Gasteiger partial charge in [0.25, 0.3) is 0 Å². The van der Waals surface area contributed by atoms with Crippen molar-refractivity contribution in [1.82, 2.24) is 15.5 Å². The van der Waals surface area contributed by atoms with Crippen molar-refractivity contribution in [3.63, 3.8) is 0 Å². The van der Waals surface area contributed by atoms with Gasteiger partial charge in [-0.2, -0.15) is 0 Å². The Hall–Kier alpha value is -2.77. The van der Waals surface area contributed by atoms with E-state index in [1.165, 1.54) is 0 Å². The standard InChI is InChI=1S/C25H38N4O3/c1-5-31-16-7-14-26-25(27-19-21-10-12-23(30-4)13-11-21)28-20-22-8-6-9-24(18-22)32-17-15-29(2)3/h6,8-13,18H,5,7,14-17,19-20H2,1-4H3,(H2,26,27,28). The van der Waals surface area contributed by atoms with Gasteiger partial charge >= 0.3 is 0 Å². The van der Waals surface area contributed by atoms with Gasteiger partial charge in [0, 0.05) is 32.8 Å². The van der Waals surface area contributed by atoms with E-state index >= 15 is 0 Å². The zero-order chi connectivity index (χ0) is 23.0. The number of hydrogen-bond acceptors (Lipinski definition) is 5. The number of nitrogens with zero attached hydrogens (tertiary/aromatic N) is 2. The lowest BCUT2D eigenvalue weighted by Crippen LogP contribution is -2.37. The number of likely N-dealkylation sites (N-methyl/N-ethyl adjacent to an activating group) is 1. The number of nitrogens with one attached hydrogen (secondary N) is 2. The number of rotatable bonds is 14. The van der Waals surface area contributed by atoms with E-state index in [-0.39, 0.29) is 0 Å². The van der Waals surface area contributed by atoms with Gasteiger partial charge < -0.3 is 29.7 Å². The molecular formula is C25H38N4O3. The molecule has 0 amide bonds. The maximum absolute atomic E-state index is 5.85. The highest BCUT2D eigenvalue weighted by molar-refractivity contribution is 5.79. The summed E-state index contributed by atoms with van der Waals surface area (Å²) in [4.78, 5) is 6.88. The number of ether oxygens (including phenoxy) is 3. The van der Waals surface area contributed by atoms with Gasteiger partial charge in [0.15, 0.2) is 5.96 Å². The average Bonchev–Trinajstić information content (AvgIpc) is 2.80. The quantitative estimate of drug-likeness (QED) is 0.266. The van der Waals surface area contributed by atoms with E-state index in [2.05, 4.69) is 27.7 Å². The van der Waals surface area contributed by atoms with Crippen LogP contribution in [0, 0.1) is 0 Å². The molecule has 0 aliphatic rings. The van der Waals surface area contributed by atoms with Crippen molar-refractivity contribution in [1.29, 1.82) is 0 Å². The first-order chi connectivity index (χ1) is 15.6. The number of aliphatic imine (C=N–C) groups is 1. The highest BCUT2D eigenvalue weighted by Gasteiger charge is 2.02. The Bertz CT molecular complexity index is 794. The van der Waals surface area contributed by atoms with Crippen LogP contribution >= 0.6 is 0 Å². The van der Waals surface area contributed by atoms with Gasteiger partial charge in [-0.15, -0.1) is 0 Å². The molecule has 0 aromatic heterocycles. The van der Waals surface area contributed by atoms with Crippen molar-refractivity contribution < 1.29 is 14.2 Å². The molecule has 0 bridgehead atoms. The predicted octanol–water partition coefficient (Wildman–Crippen LogP) is 3.30. The highest BCUT2D eigenvalue weighted by Crippen LogP contribution is 2.14. The van der Waals surface area contributed by atoms with Crippen LogP contribution in [-0.2, 0) is 17.8 Å². The van der Waals surface area contributed by atoms with Crippen LogP contribution in [-0.4, -0.2) is 65.0 Å². The Morgan fingerprint density at radius 1 is 0.969 bits per heavy atom. The summed E-state index contributed by atoms with van der Waals surface area (Å²) >= 11 is 0. The zero-order valence-corrected chi connectivity index (χ0v) is 19.9. The molecule has 2 aromatic carbocycles. The zero-order valence-electron chi connectivity index (χ0n) is 19.9. The monoisotopic (exact) mass is 442 g/mol. The molecule has 2 aromatic rings. The van der Waals surface area contributed by atoms with E-state index in [0.717, 1.165) is 61.3 Å². The lowest BCUT2D eigenvalue weighted by Gasteiger charge is -2.14. The SMILES string of the molecule is CCOCCCNC(=NCc1cccc(OCCN(C)C)c1)NCc1ccc(OC)cc1. The Kier molecular flexibility index (Phi) is 12.0. The van der Waals surface area contributed by atoms with Crippen molar-refractivity contribution in [2.24, 2.45) is 4.99 Å². The largest absolute Gasteiger partial charge is 0.497 e. The van der Waals surface area contributed by atoms with E-state index in [9.17, 15) is 0 Å². The average molecular weight is 443 g/mol. The summed E-state index contributed by atoms with van der Waals surface area (Å²) in [5, 5.41) is 6.82. The molecular weight excluding hydrogens is 404 g/mol. The van der Waals surface area contributed by atoms with Crippen molar-refractivity contribution in [2.75, 3.05) is 54.1 Å². The summed E-state index contributed by atoms with van der Waals surface area (Å²) in [7, 11) is 5.75. The first kappa shape index (κ1) is 25.5. The van der Waals surface area contributed by atoms with Gasteiger partial charge in [0.2, 0.25) is 0 Å². The summed E-state index contributed by atoms with van der Waals surface area (Å²) in [6.07, 6.45) is 0.923. The molecule has 0 fully saturated rings. The molecule has 7 heteroatoms. The molecule has 0 unspecified atom stereocenters. The number of guanidine groups is 1. The molecule has 0 radical (unpaired) electrons. The minimum Gasteiger partial charge on any atom is -0.497 e. The normalized spacial score (nSPS) is 11.5. The van der Waals surface area contributed by atoms with Crippen molar-refractivity contribution in [3.05, 3.63) is 59.7 Å². The van der Waals surface area contributed by atoms with Gasteiger partial charge in [-0.05, 0) is 62.8 Å². The van der Waals surface area contributed by atoms with Crippen LogP contribution in [0.5, 0.6) is 11.5 Å². The fourth-order valence-corrected chi connectivity index (χ4v) is 2.88. The van der Waals surface area contributed by atoms with Gasteiger partial charge in [0.1, 0.15) is 18.1 Å². The van der Waals surface area contributed by atoms with Gasteiger partial charge in [-0.3, -0.25) is 0 Å². The van der Waals surface area contributed by atoms with Crippen molar-refractivity contribution in [3.8, 4) is 11.5 Å². The van der Waals surface area contributed by atoms with Crippen LogP contribution in [0.15, 0.2) is 53.5 Å². The molecule has 2 N–H and O–H groups in total. The Balaban J connectivity index is 1.95. The summed E-state index contributed by atoms with van der Waals surface area (Å²) in [6, 6.07) is 16.1. The van der Waals surface area contributed by atoms with Crippen LogP contribution in [0.25, 0.3) is 0 Å². The van der Waals surface area contributed by atoms with E-state index in [4.69, 9.17) is 19.2 Å². The van der Waals surface area contributed by atoms with E-state index in [0.29, 0.717) is 19.7 Å². The molecule has 0 atom stereocenters.